The molecule has 0 aliphatic heterocycles. The van der Waals surface area contributed by atoms with Crippen LogP contribution >= 0.6 is 0 Å². The molecule has 0 fully saturated rings. The van der Waals surface area contributed by atoms with Crippen LogP contribution in [-0.4, -0.2) is 26.7 Å². The predicted octanol–water partition coefficient (Wildman–Crippen LogP) is 3.67. The van der Waals surface area contributed by atoms with Crippen LogP contribution in [0.5, 0.6) is 5.75 Å². The second-order valence-electron chi connectivity index (χ2n) is 5.47. The third kappa shape index (κ3) is 3.56. The second kappa shape index (κ2) is 7.10. The van der Waals surface area contributed by atoms with E-state index in [0.29, 0.717) is 10.9 Å². The van der Waals surface area contributed by atoms with Crippen LogP contribution < -0.4 is 5.32 Å². The van der Waals surface area contributed by atoms with Crippen LogP contribution in [0.2, 0.25) is 0 Å². The lowest BCUT2D eigenvalue weighted by Gasteiger charge is -2.10. The number of phenols is 1. The molecule has 130 valence electrons. The number of ketones is 1. The Morgan fingerprint density at radius 2 is 1.92 bits per heavy atom. The van der Waals surface area contributed by atoms with Crippen molar-refractivity contribution < 1.29 is 14.3 Å². The Balaban J connectivity index is 2.11. The predicted molar refractivity (Wildman–Crippen MR) is 97.2 cm³/mol. The Hall–Kier alpha value is -3.61. The second-order valence-corrected chi connectivity index (χ2v) is 5.47. The summed E-state index contributed by atoms with van der Waals surface area (Å²) in [6.45, 7) is 1.77. The standard InChI is InChI=1S/C19H15FN4O2/c1-2-3-16(21)23-18-14-9-8-13(25)10-15(14)22-19(24-18)17(26)11-4-6-12(20)7-5-11/h2-10,25H,1H3,(H2,21,22,23,24)/b3-2+. The molecule has 0 bridgehead atoms. The number of anilines is 1. The van der Waals surface area contributed by atoms with Gasteiger partial charge in [-0.05, 0) is 49.4 Å². The van der Waals surface area contributed by atoms with Gasteiger partial charge in [0.2, 0.25) is 11.6 Å². The number of phenolic OH excluding ortho intramolecular Hbond substituents is 1. The summed E-state index contributed by atoms with van der Waals surface area (Å²) in [4.78, 5) is 21.1. The third-order valence-corrected chi connectivity index (χ3v) is 3.58. The van der Waals surface area contributed by atoms with Crippen LogP contribution in [0, 0.1) is 11.2 Å². The van der Waals surface area contributed by atoms with Gasteiger partial charge in [-0.3, -0.25) is 10.2 Å². The van der Waals surface area contributed by atoms with Crippen molar-refractivity contribution in [3.05, 3.63) is 71.8 Å². The molecule has 6 nitrogen and oxygen atoms in total. The molecule has 3 rings (SSSR count). The van der Waals surface area contributed by atoms with E-state index in [0.717, 1.165) is 0 Å². The molecule has 1 heterocycles. The van der Waals surface area contributed by atoms with Gasteiger partial charge in [0.15, 0.2) is 0 Å². The zero-order valence-electron chi connectivity index (χ0n) is 13.8. The first-order valence-corrected chi connectivity index (χ1v) is 7.77. The molecule has 0 spiro atoms. The fraction of sp³-hybridized carbons (Fsp3) is 0.0526. The lowest BCUT2D eigenvalue weighted by molar-refractivity contribution is 0.103. The highest BCUT2D eigenvalue weighted by atomic mass is 19.1. The number of rotatable bonds is 4. The van der Waals surface area contributed by atoms with Gasteiger partial charge in [0.05, 0.1) is 5.52 Å². The van der Waals surface area contributed by atoms with Crippen molar-refractivity contribution in [3.8, 4) is 5.75 Å². The molecule has 0 aliphatic rings. The molecule has 26 heavy (non-hydrogen) atoms. The van der Waals surface area contributed by atoms with E-state index in [1.807, 2.05) is 0 Å². The molecular formula is C19H15FN4O2. The Labute approximate surface area is 148 Å². The summed E-state index contributed by atoms with van der Waals surface area (Å²) in [5, 5.41) is 20.9. The van der Waals surface area contributed by atoms with Crippen LogP contribution in [0.15, 0.2) is 54.6 Å². The Morgan fingerprint density at radius 1 is 1.19 bits per heavy atom. The number of hydrogen-bond donors (Lipinski definition) is 3. The fourth-order valence-corrected chi connectivity index (χ4v) is 2.38. The first-order valence-electron chi connectivity index (χ1n) is 7.77. The van der Waals surface area contributed by atoms with E-state index in [1.54, 1.807) is 19.1 Å². The van der Waals surface area contributed by atoms with Gasteiger partial charge in [0, 0.05) is 17.0 Å². The Kier molecular flexibility index (Phi) is 4.70. The lowest BCUT2D eigenvalue weighted by Crippen LogP contribution is -2.13. The molecule has 0 atom stereocenters. The first kappa shape index (κ1) is 17.2. The highest BCUT2D eigenvalue weighted by molar-refractivity contribution is 6.10. The van der Waals surface area contributed by atoms with E-state index in [4.69, 9.17) is 5.41 Å². The Bertz CT molecular complexity index is 1030. The molecule has 3 aromatic rings. The minimum atomic E-state index is -0.490. The quantitative estimate of drug-likeness (QED) is 0.379. The molecule has 7 heteroatoms. The van der Waals surface area contributed by atoms with E-state index in [2.05, 4.69) is 15.3 Å². The minimum absolute atomic E-state index is 0.00846. The van der Waals surface area contributed by atoms with E-state index < -0.39 is 11.6 Å². The number of carbonyl (C=O) groups excluding carboxylic acids is 1. The summed E-state index contributed by atoms with van der Waals surface area (Å²) >= 11 is 0. The number of halogens is 1. The number of carbonyl (C=O) groups is 1. The normalized spacial score (nSPS) is 11.0. The lowest BCUT2D eigenvalue weighted by atomic mass is 10.1. The maximum absolute atomic E-state index is 13.1. The maximum Gasteiger partial charge on any atom is 0.230 e. The highest BCUT2D eigenvalue weighted by Crippen LogP contribution is 2.25. The van der Waals surface area contributed by atoms with Crippen molar-refractivity contribution in [1.29, 1.82) is 5.41 Å². The first-order chi connectivity index (χ1) is 12.5. The number of allylic oxidation sites excluding steroid dienone is 1. The van der Waals surface area contributed by atoms with Gasteiger partial charge < -0.3 is 10.4 Å². The molecule has 2 aromatic carbocycles. The van der Waals surface area contributed by atoms with Gasteiger partial charge in [-0.2, -0.15) is 0 Å². The summed E-state index contributed by atoms with van der Waals surface area (Å²) in [6.07, 6.45) is 3.23. The van der Waals surface area contributed by atoms with Crippen LogP contribution in [0.25, 0.3) is 10.9 Å². The zero-order chi connectivity index (χ0) is 18.7. The van der Waals surface area contributed by atoms with E-state index >= 15 is 0 Å². The maximum atomic E-state index is 13.1. The van der Waals surface area contributed by atoms with Gasteiger partial charge in [0.25, 0.3) is 0 Å². The van der Waals surface area contributed by atoms with Gasteiger partial charge in [-0.25, -0.2) is 14.4 Å². The fourth-order valence-electron chi connectivity index (χ4n) is 2.38. The molecule has 0 unspecified atom stereocenters. The molecule has 0 saturated heterocycles. The van der Waals surface area contributed by atoms with Crippen LogP contribution in [0.3, 0.4) is 0 Å². The summed E-state index contributed by atoms with van der Waals surface area (Å²) < 4.78 is 13.1. The van der Waals surface area contributed by atoms with Gasteiger partial charge in [0.1, 0.15) is 23.2 Å². The zero-order valence-corrected chi connectivity index (χ0v) is 13.8. The Morgan fingerprint density at radius 3 is 2.62 bits per heavy atom. The van der Waals surface area contributed by atoms with Gasteiger partial charge in [-0.15, -0.1) is 0 Å². The highest BCUT2D eigenvalue weighted by Gasteiger charge is 2.17. The molecule has 0 amide bonds. The number of aromatic nitrogens is 2. The number of nitrogens with zero attached hydrogens (tertiary/aromatic N) is 2. The van der Waals surface area contributed by atoms with Crippen LogP contribution in [-0.2, 0) is 0 Å². The molecule has 0 aliphatic carbocycles. The van der Waals surface area contributed by atoms with Crippen molar-refractivity contribution in [3.63, 3.8) is 0 Å². The van der Waals surface area contributed by atoms with Gasteiger partial charge >= 0.3 is 0 Å². The minimum Gasteiger partial charge on any atom is -0.508 e. The van der Waals surface area contributed by atoms with Gasteiger partial charge in [-0.1, -0.05) is 6.08 Å². The summed E-state index contributed by atoms with van der Waals surface area (Å²) in [5.74, 6) is -0.718. The smallest absolute Gasteiger partial charge is 0.230 e. The van der Waals surface area contributed by atoms with Crippen molar-refractivity contribution in [2.24, 2.45) is 0 Å². The summed E-state index contributed by atoms with van der Waals surface area (Å²) in [6, 6.07) is 9.54. The molecule has 0 radical (unpaired) electrons. The number of amidine groups is 1. The van der Waals surface area contributed by atoms with Crippen molar-refractivity contribution in [2.45, 2.75) is 6.92 Å². The topological polar surface area (TPSA) is 99.0 Å². The summed E-state index contributed by atoms with van der Waals surface area (Å²) in [5.41, 5.74) is 0.585. The van der Waals surface area contributed by atoms with E-state index in [-0.39, 0.29) is 28.8 Å². The molecular weight excluding hydrogens is 335 g/mol. The average molecular weight is 350 g/mol. The van der Waals surface area contributed by atoms with Crippen molar-refractivity contribution in [1.82, 2.24) is 9.97 Å². The van der Waals surface area contributed by atoms with Crippen molar-refractivity contribution >= 4 is 28.3 Å². The largest absolute Gasteiger partial charge is 0.508 e. The average Bonchev–Trinajstić information content (AvgIpc) is 2.61. The van der Waals surface area contributed by atoms with E-state index in [9.17, 15) is 14.3 Å². The molecule has 1 aromatic heterocycles. The summed E-state index contributed by atoms with van der Waals surface area (Å²) in [7, 11) is 0. The van der Waals surface area contributed by atoms with Crippen LogP contribution in [0.1, 0.15) is 23.1 Å². The monoisotopic (exact) mass is 350 g/mol. The number of fused-ring (bicyclic) bond motifs is 1. The SMILES string of the molecule is C/C=C/C(=N)Nc1nc(C(=O)c2ccc(F)cc2)nc2cc(O)ccc12. The molecule has 3 N–H and O–H groups in total. The number of hydrogen-bond acceptors (Lipinski definition) is 5. The van der Waals surface area contributed by atoms with E-state index in [1.165, 1.54) is 42.5 Å². The number of benzene rings is 2. The number of aromatic hydroxyl groups is 1. The third-order valence-electron chi connectivity index (χ3n) is 3.58. The number of nitrogens with one attached hydrogen (secondary N) is 2. The van der Waals surface area contributed by atoms with Crippen molar-refractivity contribution in [2.75, 3.05) is 5.32 Å². The molecule has 0 saturated carbocycles. The van der Waals surface area contributed by atoms with Crippen LogP contribution in [0.4, 0.5) is 10.2 Å².